The summed E-state index contributed by atoms with van der Waals surface area (Å²) in [5.74, 6) is 0.524. The molecule has 2 aromatic heterocycles. The van der Waals surface area contributed by atoms with E-state index >= 15 is 0 Å². The number of methoxy groups -OCH3 is 2. The minimum atomic E-state index is -0.516. The first-order valence-corrected chi connectivity index (χ1v) is 11.3. The first kappa shape index (κ1) is 24.6. The Kier molecular flexibility index (Phi) is 7.43. The van der Waals surface area contributed by atoms with Crippen molar-refractivity contribution < 1.29 is 28.3 Å². The zero-order chi connectivity index (χ0) is 25.7. The molecule has 0 amide bonds. The first-order chi connectivity index (χ1) is 17.4. The highest BCUT2D eigenvalue weighted by molar-refractivity contribution is 5.89. The fraction of sp³-hybridized carbons (Fsp3) is 0.269. The number of rotatable bonds is 9. The van der Waals surface area contributed by atoms with Crippen LogP contribution in [0.25, 0.3) is 17.1 Å². The lowest BCUT2D eigenvalue weighted by Gasteiger charge is -2.07. The smallest absolute Gasteiger partial charge is 0.338 e. The lowest BCUT2D eigenvalue weighted by Crippen LogP contribution is -2.06. The third-order valence-electron chi connectivity index (χ3n) is 5.74. The van der Waals surface area contributed by atoms with E-state index in [1.807, 2.05) is 26.0 Å². The number of esters is 2. The largest absolute Gasteiger partial charge is 0.497 e. The molecule has 0 aliphatic carbocycles. The number of carbonyl (C=O) groups is 2. The van der Waals surface area contributed by atoms with Gasteiger partial charge in [-0.1, -0.05) is 5.16 Å². The van der Waals surface area contributed by atoms with Crippen molar-refractivity contribution in [3.63, 3.8) is 0 Å². The number of aromatic nitrogens is 4. The summed E-state index contributed by atoms with van der Waals surface area (Å²) in [4.78, 5) is 28.3. The Balaban J connectivity index is 1.38. The average molecular weight is 491 g/mol. The number of hydrogen-bond donors (Lipinski definition) is 0. The Hall–Kier alpha value is -4.47. The second-order valence-corrected chi connectivity index (χ2v) is 8.00. The van der Waals surface area contributed by atoms with Crippen molar-refractivity contribution in [1.82, 2.24) is 19.9 Å². The number of hydrogen-bond acceptors (Lipinski definition) is 9. The molecule has 2 heterocycles. The molecule has 0 fully saturated rings. The Labute approximate surface area is 207 Å². The molecule has 36 heavy (non-hydrogen) atoms. The first-order valence-electron chi connectivity index (χ1n) is 11.3. The van der Waals surface area contributed by atoms with Crippen LogP contribution in [0.4, 0.5) is 0 Å². The van der Waals surface area contributed by atoms with E-state index in [2.05, 4.69) is 15.2 Å². The van der Waals surface area contributed by atoms with Crippen molar-refractivity contribution in [2.24, 2.45) is 0 Å². The Bertz CT molecular complexity index is 1360. The fourth-order valence-corrected chi connectivity index (χ4v) is 3.74. The lowest BCUT2D eigenvalue weighted by atomic mass is 10.1. The van der Waals surface area contributed by atoms with Crippen LogP contribution in [0.2, 0.25) is 0 Å². The zero-order valence-electron chi connectivity index (χ0n) is 20.5. The van der Waals surface area contributed by atoms with Gasteiger partial charge in [0.15, 0.2) is 6.61 Å². The molecule has 0 bridgehead atoms. The maximum absolute atomic E-state index is 12.5. The normalized spacial score (nSPS) is 10.8. The van der Waals surface area contributed by atoms with E-state index in [0.29, 0.717) is 17.8 Å². The maximum Gasteiger partial charge on any atom is 0.338 e. The summed E-state index contributed by atoms with van der Waals surface area (Å²) < 4.78 is 22.2. The topological polar surface area (TPSA) is 119 Å². The predicted octanol–water partition coefficient (Wildman–Crippen LogP) is 4.01. The van der Waals surface area contributed by atoms with E-state index in [9.17, 15) is 9.59 Å². The molecule has 0 unspecified atom stereocenters. The van der Waals surface area contributed by atoms with E-state index in [4.69, 9.17) is 18.7 Å². The van der Waals surface area contributed by atoms with Gasteiger partial charge in [-0.05, 0) is 74.4 Å². The monoisotopic (exact) mass is 490 g/mol. The number of ether oxygens (including phenoxy) is 3. The molecule has 0 aliphatic heterocycles. The van der Waals surface area contributed by atoms with E-state index in [0.717, 1.165) is 34.0 Å². The van der Waals surface area contributed by atoms with Crippen LogP contribution in [0.15, 0.2) is 53.1 Å². The Morgan fingerprint density at radius 1 is 1.00 bits per heavy atom. The number of benzene rings is 2. The van der Waals surface area contributed by atoms with E-state index in [-0.39, 0.29) is 24.9 Å². The third kappa shape index (κ3) is 5.43. The standard InChI is InChI=1S/C26H26N4O6/c1-16-22(13-14-24(31)34-4)17(2)30(28-16)20-9-5-19(6-10-20)26(32)35-15-23-27-25(29-36-23)18-7-11-21(33-3)12-8-18/h5-12H,13-15H2,1-4H3. The van der Waals surface area contributed by atoms with Crippen LogP contribution in [0.1, 0.15) is 39.6 Å². The summed E-state index contributed by atoms with van der Waals surface area (Å²) in [6, 6.07) is 14.1. The highest BCUT2D eigenvalue weighted by atomic mass is 16.6. The van der Waals surface area contributed by atoms with Crippen LogP contribution in [0.5, 0.6) is 5.75 Å². The van der Waals surface area contributed by atoms with Crippen molar-refractivity contribution in [3.8, 4) is 22.8 Å². The summed E-state index contributed by atoms with van der Waals surface area (Å²) >= 11 is 0. The second-order valence-electron chi connectivity index (χ2n) is 8.00. The van der Waals surface area contributed by atoms with Crippen LogP contribution in [0, 0.1) is 13.8 Å². The Morgan fingerprint density at radius 3 is 2.39 bits per heavy atom. The number of aryl methyl sites for hydroxylation is 1. The molecular formula is C26H26N4O6. The number of nitrogens with zero attached hydrogens (tertiary/aromatic N) is 4. The van der Waals surface area contributed by atoms with Gasteiger partial charge in [0.2, 0.25) is 5.82 Å². The lowest BCUT2D eigenvalue weighted by molar-refractivity contribution is -0.140. The Morgan fingerprint density at radius 2 is 1.72 bits per heavy atom. The van der Waals surface area contributed by atoms with Gasteiger partial charge in [-0.15, -0.1) is 0 Å². The van der Waals surface area contributed by atoms with Crippen LogP contribution < -0.4 is 4.74 Å². The molecule has 0 saturated carbocycles. The summed E-state index contributed by atoms with van der Waals surface area (Å²) in [6.45, 7) is 3.70. The van der Waals surface area contributed by atoms with Crippen LogP contribution in [-0.4, -0.2) is 46.1 Å². The van der Waals surface area contributed by atoms with Crippen molar-refractivity contribution in [2.75, 3.05) is 14.2 Å². The van der Waals surface area contributed by atoms with Gasteiger partial charge in [0.05, 0.1) is 31.2 Å². The van der Waals surface area contributed by atoms with E-state index in [1.165, 1.54) is 7.11 Å². The van der Waals surface area contributed by atoms with Crippen LogP contribution in [-0.2, 0) is 27.3 Å². The van der Waals surface area contributed by atoms with Gasteiger partial charge in [0, 0.05) is 17.7 Å². The summed E-state index contributed by atoms with van der Waals surface area (Å²) in [7, 11) is 2.97. The quantitative estimate of drug-likeness (QED) is 0.321. The van der Waals surface area contributed by atoms with Gasteiger partial charge in [-0.3, -0.25) is 4.79 Å². The van der Waals surface area contributed by atoms with Crippen molar-refractivity contribution in [1.29, 1.82) is 0 Å². The van der Waals surface area contributed by atoms with E-state index in [1.54, 1.807) is 48.2 Å². The number of carbonyl (C=O) groups excluding carboxylic acids is 2. The minimum absolute atomic E-state index is 0.148. The fourth-order valence-electron chi connectivity index (χ4n) is 3.74. The summed E-state index contributed by atoms with van der Waals surface area (Å²) in [6.07, 6.45) is 0.834. The SMILES string of the molecule is COC(=O)CCc1c(C)nn(-c2ccc(C(=O)OCc3nc(-c4ccc(OC)cc4)no3)cc2)c1C. The molecule has 4 rings (SSSR count). The summed E-state index contributed by atoms with van der Waals surface area (Å²) in [5.41, 5.74) is 4.69. The van der Waals surface area contributed by atoms with Gasteiger partial charge < -0.3 is 18.7 Å². The molecule has 186 valence electrons. The second kappa shape index (κ2) is 10.9. The van der Waals surface area contributed by atoms with Gasteiger partial charge in [0.25, 0.3) is 5.89 Å². The molecule has 0 radical (unpaired) electrons. The van der Waals surface area contributed by atoms with E-state index < -0.39 is 5.97 Å². The van der Waals surface area contributed by atoms with Gasteiger partial charge in [-0.25, -0.2) is 9.48 Å². The molecule has 0 atom stereocenters. The van der Waals surface area contributed by atoms with Crippen molar-refractivity contribution in [2.45, 2.75) is 33.3 Å². The van der Waals surface area contributed by atoms with Gasteiger partial charge in [-0.2, -0.15) is 10.1 Å². The van der Waals surface area contributed by atoms with Gasteiger partial charge >= 0.3 is 11.9 Å². The third-order valence-corrected chi connectivity index (χ3v) is 5.74. The highest BCUT2D eigenvalue weighted by Gasteiger charge is 2.16. The highest BCUT2D eigenvalue weighted by Crippen LogP contribution is 2.22. The molecule has 10 nitrogen and oxygen atoms in total. The zero-order valence-corrected chi connectivity index (χ0v) is 20.5. The molecule has 0 spiro atoms. The molecule has 0 saturated heterocycles. The van der Waals surface area contributed by atoms with Crippen molar-refractivity contribution >= 4 is 11.9 Å². The maximum atomic E-state index is 12.5. The molecule has 0 aliphatic rings. The molecule has 10 heteroatoms. The molecule has 2 aromatic carbocycles. The molecular weight excluding hydrogens is 464 g/mol. The molecule has 4 aromatic rings. The van der Waals surface area contributed by atoms with Gasteiger partial charge in [0.1, 0.15) is 5.75 Å². The van der Waals surface area contributed by atoms with Crippen molar-refractivity contribution in [3.05, 3.63) is 76.9 Å². The molecule has 0 N–H and O–H groups in total. The summed E-state index contributed by atoms with van der Waals surface area (Å²) in [5, 5.41) is 8.51. The van der Waals surface area contributed by atoms with Crippen LogP contribution in [0.3, 0.4) is 0 Å². The minimum Gasteiger partial charge on any atom is -0.497 e. The average Bonchev–Trinajstić information content (AvgIpc) is 3.50. The predicted molar refractivity (Wildman–Crippen MR) is 129 cm³/mol. The van der Waals surface area contributed by atoms with Crippen LogP contribution >= 0.6 is 0 Å².